The molecule has 0 spiro atoms. The quantitative estimate of drug-likeness (QED) is 0.942. The molecule has 1 aliphatic rings. The first kappa shape index (κ1) is 14.5. The van der Waals surface area contributed by atoms with Crippen LogP contribution in [0.1, 0.15) is 38.3 Å². The predicted octanol–water partition coefficient (Wildman–Crippen LogP) is 3.51. The second kappa shape index (κ2) is 5.78. The van der Waals surface area contributed by atoms with E-state index in [1.807, 2.05) is 11.3 Å². The zero-order chi connectivity index (χ0) is 15.0. The van der Waals surface area contributed by atoms with Crippen molar-refractivity contribution in [1.82, 2.24) is 10.3 Å². The van der Waals surface area contributed by atoms with E-state index in [4.69, 9.17) is 4.74 Å². The van der Waals surface area contributed by atoms with Gasteiger partial charge in [-0.05, 0) is 43.9 Å². The molecule has 0 saturated carbocycles. The summed E-state index contributed by atoms with van der Waals surface area (Å²) in [5, 5.41) is 4.82. The molecule has 0 bridgehead atoms. The van der Waals surface area contributed by atoms with Crippen LogP contribution in [0.2, 0.25) is 0 Å². The summed E-state index contributed by atoms with van der Waals surface area (Å²) >= 11 is 1.84. The molecule has 0 fully saturated rings. The third-order valence-corrected chi connectivity index (χ3v) is 5.19. The number of hydrogen-bond acceptors (Lipinski definition) is 4. The van der Waals surface area contributed by atoms with Crippen LogP contribution >= 0.6 is 11.3 Å². The van der Waals surface area contributed by atoms with Gasteiger partial charge in [0, 0.05) is 23.9 Å². The highest BCUT2D eigenvalue weighted by Gasteiger charge is 2.23. The summed E-state index contributed by atoms with van der Waals surface area (Å²) in [6.07, 6.45) is 2.07. The SMILES string of the molecule is COc1c(C)cc(CC2NCCc3nc(C)sc32)cc1C. The number of methoxy groups -OCH3 is 1. The Morgan fingerprint density at radius 2 is 2.00 bits per heavy atom. The summed E-state index contributed by atoms with van der Waals surface area (Å²) < 4.78 is 5.46. The largest absolute Gasteiger partial charge is 0.496 e. The van der Waals surface area contributed by atoms with Crippen LogP contribution in [-0.2, 0) is 12.8 Å². The molecule has 2 heterocycles. The fraction of sp³-hybridized carbons (Fsp3) is 0.471. The molecule has 0 amide bonds. The molecular formula is C17H22N2OS. The first-order chi connectivity index (χ1) is 10.1. The van der Waals surface area contributed by atoms with Gasteiger partial charge in [-0.3, -0.25) is 0 Å². The summed E-state index contributed by atoms with van der Waals surface area (Å²) in [5.41, 5.74) is 5.08. The van der Waals surface area contributed by atoms with Gasteiger partial charge in [-0.1, -0.05) is 12.1 Å². The van der Waals surface area contributed by atoms with Crippen LogP contribution in [0.5, 0.6) is 5.75 Å². The van der Waals surface area contributed by atoms with Gasteiger partial charge in [0.15, 0.2) is 0 Å². The summed E-state index contributed by atoms with van der Waals surface area (Å²) in [7, 11) is 1.74. The number of hydrogen-bond donors (Lipinski definition) is 1. The van der Waals surface area contributed by atoms with E-state index in [1.165, 1.54) is 32.3 Å². The molecule has 0 radical (unpaired) electrons. The molecular weight excluding hydrogens is 280 g/mol. The Labute approximate surface area is 130 Å². The first-order valence-corrected chi connectivity index (χ1v) is 8.24. The minimum Gasteiger partial charge on any atom is -0.496 e. The average molecular weight is 302 g/mol. The lowest BCUT2D eigenvalue weighted by atomic mass is 9.97. The van der Waals surface area contributed by atoms with Crippen LogP contribution in [0.25, 0.3) is 0 Å². The summed E-state index contributed by atoms with van der Waals surface area (Å²) in [6.45, 7) is 7.36. The molecule has 1 N–H and O–H groups in total. The molecule has 3 rings (SSSR count). The van der Waals surface area contributed by atoms with Gasteiger partial charge in [0.1, 0.15) is 5.75 Å². The molecule has 2 aromatic rings. The number of rotatable bonds is 3. The Hall–Kier alpha value is -1.39. The second-order valence-corrected chi connectivity index (χ2v) is 7.00. The van der Waals surface area contributed by atoms with Crippen LogP contribution in [-0.4, -0.2) is 18.6 Å². The fourth-order valence-corrected chi connectivity index (χ4v) is 4.32. The predicted molar refractivity (Wildman–Crippen MR) is 87.5 cm³/mol. The maximum Gasteiger partial charge on any atom is 0.124 e. The van der Waals surface area contributed by atoms with Gasteiger partial charge in [-0.15, -0.1) is 11.3 Å². The maximum atomic E-state index is 5.46. The smallest absolute Gasteiger partial charge is 0.124 e. The van der Waals surface area contributed by atoms with Gasteiger partial charge < -0.3 is 10.1 Å². The number of ether oxygens (including phenoxy) is 1. The lowest BCUT2D eigenvalue weighted by Gasteiger charge is -2.23. The highest BCUT2D eigenvalue weighted by molar-refractivity contribution is 7.11. The van der Waals surface area contributed by atoms with E-state index in [1.54, 1.807) is 7.11 Å². The van der Waals surface area contributed by atoms with E-state index in [0.29, 0.717) is 6.04 Å². The van der Waals surface area contributed by atoms with Crippen LogP contribution < -0.4 is 10.1 Å². The minimum atomic E-state index is 0.396. The Morgan fingerprint density at radius 3 is 2.67 bits per heavy atom. The summed E-state index contributed by atoms with van der Waals surface area (Å²) in [4.78, 5) is 6.09. The zero-order valence-corrected chi connectivity index (χ0v) is 13.9. The third-order valence-electron chi connectivity index (χ3n) is 4.07. The Kier molecular flexibility index (Phi) is 4.00. The highest BCUT2D eigenvalue weighted by atomic mass is 32.1. The van der Waals surface area contributed by atoms with Crippen molar-refractivity contribution in [1.29, 1.82) is 0 Å². The van der Waals surface area contributed by atoms with E-state index in [0.717, 1.165) is 25.1 Å². The van der Waals surface area contributed by atoms with Gasteiger partial charge in [0.25, 0.3) is 0 Å². The van der Waals surface area contributed by atoms with E-state index in [-0.39, 0.29) is 0 Å². The van der Waals surface area contributed by atoms with Crippen LogP contribution in [0.3, 0.4) is 0 Å². The molecule has 21 heavy (non-hydrogen) atoms. The molecule has 4 heteroatoms. The molecule has 0 saturated heterocycles. The molecule has 1 atom stereocenters. The van der Waals surface area contributed by atoms with Crippen LogP contribution in [0, 0.1) is 20.8 Å². The van der Waals surface area contributed by atoms with Crippen molar-refractivity contribution in [2.45, 2.75) is 39.7 Å². The molecule has 1 aliphatic heterocycles. The standard InChI is InChI=1S/C17H22N2OS/c1-10-7-13(8-11(2)16(10)20-4)9-15-17-14(5-6-18-15)19-12(3)21-17/h7-8,15,18H,5-6,9H2,1-4H3. The zero-order valence-electron chi connectivity index (χ0n) is 13.1. The van der Waals surface area contributed by atoms with Gasteiger partial charge in [-0.25, -0.2) is 4.98 Å². The van der Waals surface area contributed by atoms with Gasteiger partial charge >= 0.3 is 0 Å². The van der Waals surface area contributed by atoms with Gasteiger partial charge in [-0.2, -0.15) is 0 Å². The Morgan fingerprint density at radius 1 is 1.29 bits per heavy atom. The fourth-order valence-electron chi connectivity index (χ4n) is 3.28. The van der Waals surface area contributed by atoms with E-state index < -0.39 is 0 Å². The van der Waals surface area contributed by atoms with Crippen molar-refractivity contribution >= 4 is 11.3 Å². The molecule has 0 aliphatic carbocycles. The van der Waals surface area contributed by atoms with E-state index in [9.17, 15) is 0 Å². The third kappa shape index (κ3) is 2.83. The minimum absolute atomic E-state index is 0.396. The number of aryl methyl sites for hydroxylation is 3. The Bertz CT molecular complexity index is 640. The monoisotopic (exact) mass is 302 g/mol. The average Bonchev–Trinajstić information content (AvgIpc) is 2.80. The van der Waals surface area contributed by atoms with Gasteiger partial charge in [0.05, 0.1) is 17.8 Å². The van der Waals surface area contributed by atoms with Crippen molar-refractivity contribution in [3.8, 4) is 5.75 Å². The summed E-state index contributed by atoms with van der Waals surface area (Å²) in [6, 6.07) is 4.89. The molecule has 1 unspecified atom stereocenters. The number of benzene rings is 1. The molecule has 1 aromatic heterocycles. The van der Waals surface area contributed by atoms with E-state index >= 15 is 0 Å². The number of nitrogens with one attached hydrogen (secondary N) is 1. The van der Waals surface area contributed by atoms with E-state index in [2.05, 4.69) is 43.2 Å². The normalized spacial score (nSPS) is 17.6. The molecule has 1 aromatic carbocycles. The van der Waals surface area contributed by atoms with Crippen molar-refractivity contribution < 1.29 is 4.74 Å². The van der Waals surface area contributed by atoms with Gasteiger partial charge in [0.2, 0.25) is 0 Å². The van der Waals surface area contributed by atoms with Crippen LogP contribution in [0.15, 0.2) is 12.1 Å². The maximum absolute atomic E-state index is 5.46. The molecule has 3 nitrogen and oxygen atoms in total. The number of aromatic nitrogens is 1. The first-order valence-electron chi connectivity index (χ1n) is 7.42. The van der Waals surface area contributed by atoms with Crippen LogP contribution in [0.4, 0.5) is 0 Å². The number of fused-ring (bicyclic) bond motifs is 1. The van der Waals surface area contributed by atoms with Crippen molar-refractivity contribution in [3.05, 3.63) is 44.4 Å². The Balaban J connectivity index is 1.88. The lowest BCUT2D eigenvalue weighted by molar-refractivity contribution is 0.408. The second-order valence-electron chi connectivity index (χ2n) is 5.77. The highest BCUT2D eigenvalue weighted by Crippen LogP contribution is 2.32. The topological polar surface area (TPSA) is 34.1 Å². The summed E-state index contributed by atoms with van der Waals surface area (Å²) in [5.74, 6) is 1.00. The number of thiazole rings is 1. The van der Waals surface area contributed by atoms with Crippen molar-refractivity contribution in [3.63, 3.8) is 0 Å². The van der Waals surface area contributed by atoms with Crippen molar-refractivity contribution in [2.75, 3.05) is 13.7 Å². The molecule has 112 valence electrons. The van der Waals surface area contributed by atoms with Crippen molar-refractivity contribution in [2.24, 2.45) is 0 Å². The lowest BCUT2D eigenvalue weighted by Crippen LogP contribution is -2.30. The number of nitrogens with zero attached hydrogens (tertiary/aromatic N) is 1.